The first kappa shape index (κ1) is 42.8. The Kier molecular flexibility index (Phi) is 16.4. The largest absolute Gasteiger partial charge is 6.00 e. The van der Waals surface area contributed by atoms with Gasteiger partial charge in [-0.05, 0) is 67.6 Å². The molecule has 7 aromatic rings. The van der Waals surface area contributed by atoms with Gasteiger partial charge in [0.2, 0.25) is 0 Å². The molecule has 4 nitrogen and oxygen atoms in total. The SMILES string of the molecule is Cc1c(C)c(C)[c-](C)c1C.Cc1ccc(S(=O)(=O)n2c[c-]cn2)cc1.[Ru+6].c1ccc([PH+](CC[PH+](c2ccccc2)c2ccccc2)c2ccccc2)cc1. The second-order valence-electron chi connectivity index (χ2n) is 13.2. The zero-order valence-corrected chi connectivity index (χ0v) is 36.5. The molecule has 7 rings (SSSR count). The third-order valence-corrected chi connectivity index (χ3v) is 17.6. The van der Waals surface area contributed by atoms with Crippen LogP contribution in [0.25, 0.3) is 0 Å². The Labute approximate surface area is 338 Å². The van der Waals surface area contributed by atoms with E-state index < -0.39 is 25.9 Å². The number of hydrogen-bond donors (Lipinski definition) is 0. The molecule has 0 N–H and O–H groups in total. The van der Waals surface area contributed by atoms with E-state index >= 15 is 0 Å². The molecule has 54 heavy (non-hydrogen) atoms. The first-order valence-corrected chi connectivity index (χ1v) is 22.8. The minimum absolute atomic E-state index is 0. The summed E-state index contributed by atoms with van der Waals surface area (Å²) < 4.78 is 24.7. The Morgan fingerprint density at radius 3 is 1.20 bits per heavy atom. The Morgan fingerprint density at radius 2 is 0.926 bits per heavy atom. The topological polar surface area (TPSA) is 52.0 Å². The van der Waals surface area contributed by atoms with Gasteiger partial charge in [-0.15, -0.1) is 12.4 Å². The Hall–Kier alpha value is -3.91. The third-order valence-electron chi connectivity index (χ3n) is 9.92. The quantitative estimate of drug-likeness (QED) is 0.0829. The van der Waals surface area contributed by atoms with Crippen molar-refractivity contribution in [3.8, 4) is 0 Å². The van der Waals surface area contributed by atoms with Crippen LogP contribution in [0.3, 0.4) is 0 Å². The van der Waals surface area contributed by atoms with Crippen LogP contribution in [0, 0.1) is 47.6 Å². The second-order valence-corrected chi connectivity index (χ2v) is 20.2. The van der Waals surface area contributed by atoms with E-state index in [0.29, 0.717) is 0 Å². The number of benzene rings is 5. The van der Waals surface area contributed by atoms with E-state index in [4.69, 9.17) is 0 Å². The summed E-state index contributed by atoms with van der Waals surface area (Å²) in [6, 6.07) is 53.7. The van der Waals surface area contributed by atoms with Crippen LogP contribution in [-0.4, -0.2) is 29.9 Å². The first-order valence-electron chi connectivity index (χ1n) is 17.9. The van der Waals surface area contributed by atoms with Gasteiger partial charge in [-0.1, -0.05) is 125 Å². The Bertz CT molecular complexity index is 2000. The minimum Gasteiger partial charge on any atom is -0.431 e. The van der Waals surface area contributed by atoms with Crippen LogP contribution in [0.5, 0.6) is 0 Å². The second kappa shape index (κ2) is 20.7. The maximum absolute atomic E-state index is 11.9. The molecule has 1 heterocycles. The molecular weight excluding hydrogens is 808 g/mol. The zero-order valence-electron chi connectivity index (χ0n) is 31.9. The number of aryl methyl sites for hydroxylation is 1. The number of nitrogens with zero attached hydrogens (tertiary/aromatic N) is 2. The summed E-state index contributed by atoms with van der Waals surface area (Å²) in [5, 5.41) is 9.72. The van der Waals surface area contributed by atoms with Gasteiger partial charge in [0.15, 0.2) is 0 Å². The third kappa shape index (κ3) is 11.1. The van der Waals surface area contributed by atoms with Crippen molar-refractivity contribution in [1.29, 1.82) is 0 Å². The van der Waals surface area contributed by atoms with Crippen molar-refractivity contribution >= 4 is 47.1 Å². The molecule has 0 saturated carbocycles. The molecule has 0 fully saturated rings. The molecule has 0 saturated heterocycles. The first-order chi connectivity index (χ1) is 25.6. The van der Waals surface area contributed by atoms with Crippen molar-refractivity contribution in [1.82, 2.24) is 9.19 Å². The van der Waals surface area contributed by atoms with Crippen molar-refractivity contribution in [3.63, 3.8) is 0 Å². The molecule has 1 aromatic heterocycles. The molecule has 0 spiro atoms. The molecule has 0 aliphatic heterocycles. The molecule has 0 aliphatic carbocycles. The van der Waals surface area contributed by atoms with Gasteiger partial charge in [0, 0.05) is 0 Å². The summed E-state index contributed by atoms with van der Waals surface area (Å²) in [6.07, 6.45) is 5.12. The van der Waals surface area contributed by atoms with E-state index in [1.807, 2.05) is 6.92 Å². The summed E-state index contributed by atoms with van der Waals surface area (Å²) in [4.78, 5) is 0.227. The monoisotopic (exact) mass is 858 g/mol. The molecule has 0 atom stereocenters. The van der Waals surface area contributed by atoms with Gasteiger partial charge in [0.05, 0.1) is 42.0 Å². The van der Waals surface area contributed by atoms with Gasteiger partial charge >= 0.3 is 19.5 Å². The minimum atomic E-state index is -3.54. The average molecular weight is 858 g/mol. The molecule has 0 bridgehead atoms. The van der Waals surface area contributed by atoms with E-state index in [-0.39, 0.29) is 24.4 Å². The maximum Gasteiger partial charge on any atom is 6.00 e. The smallest absolute Gasteiger partial charge is 0.431 e. The molecular formula is C46H50N2O2P2RuS+6. The summed E-state index contributed by atoms with van der Waals surface area (Å²) in [6.45, 7) is 12.9. The van der Waals surface area contributed by atoms with Crippen LogP contribution in [0.1, 0.15) is 33.4 Å². The predicted octanol–water partition coefficient (Wildman–Crippen LogP) is 8.89. The van der Waals surface area contributed by atoms with Crippen LogP contribution in [-0.2, 0) is 29.5 Å². The molecule has 274 valence electrons. The summed E-state index contributed by atoms with van der Waals surface area (Å²) in [7, 11) is -5.10. The summed E-state index contributed by atoms with van der Waals surface area (Å²) >= 11 is 0. The Morgan fingerprint density at radius 1 is 0.574 bits per heavy atom. The van der Waals surface area contributed by atoms with Crippen molar-refractivity contribution in [2.75, 3.05) is 12.3 Å². The fourth-order valence-electron chi connectivity index (χ4n) is 6.29. The van der Waals surface area contributed by atoms with E-state index in [0.717, 1.165) is 9.65 Å². The normalized spacial score (nSPS) is 10.9. The average Bonchev–Trinajstić information content (AvgIpc) is 3.81. The van der Waals surface area contributed by atoms with E-state index in [2.05, 4.69) is 167 Å². The van der Waals surface area contributed by atoms with Gasteiger partial charge in [0.25, 0.3) is 10.0 Å². The fraction of sp³-hybridized carbons (Fsp3) is 0.174. The Balaban J connectivity index is 0.000000209. The van der Waals surface area contributed by atoms with Gasteiger partial charge in [-0.2, -0.15) is 40.3 Å². The van der Waals surface area contributed by atoms with Gasteiger partial charge in [0.1, 0.15) is 12.3 Å². The molecule has 0 radical (unpaired) electrons. The van der Waals surface area contributed by atoms with Crippen molar-refractivity contribution < 1.29 is 27.9 Å². The van der Waals surface area contributed by atoms with Crippen LogP contribution in [0.4, 0.5) is 0 Å². The van der Waals surface area contributed by atoms with Crippen LogP contribution in [0.15, 0.2) is 163 Å². The van der Waals surface area contributed by atoms with E-state index in [1.165, 1.54) is 73.8 Å². The standard InChI is InChI=1S/C26H24P2.C10H9N2O2S.C10H15.Ru/c1-5-13-23(14-6-1)27(24-15-7-2-8-16-24)21-22-28(25-17-9-3-10-18-25)26-19-11-4-12-20-26;1-9-3-5-10(6-4-9)15(13,14)12-8-2-7-11-12;1-6-7(2)9(4)10(5)8(6)3;/h1-20H,21-22H2;3-8H,1H3;1-5H3;/q;2*-1;+6/p+2. The van der Waals surface area contributed by atoms with Crippen molar-refractivity contribution in [2.24, 2.45) is 0 Å². The van der Waals surface area contributed by atoms with Crippen LogP contribution in [0.2, 0.25) is 0 Å². The van der Waals surface area contributed by atoms with Gasteiger partial charge < -0.3 is 6.07 Å². The number of aromatic nitrogens is 2. The fourth-order valence-corrected chi connectivity index (χ4v) is 13.6. The van der Waals surface area contributed by atoms with E-state index in [9.17, 15) is 8.42 Å². The maximum atomic E-state index is 11.9. The zero-order chi connectivity index (χ0) is 37.8. The van der Waals surface area contributed by atoms with Gasteiger partial charge in [-0.3, -0.25) is 0 Å². The molecule has 0 unspecified atom stereocenters. The number of rotatable bonds is 9. The van der Waals surface area contributed by atoms with Crippen molar-refractivity contribution in [3.05, 3.63) is 197 Å². The molecule has 0 amide bonds. The molecule has 8 heteroatoms. The predicted molar refractivity (Wildman–Crippen MR) is 231 cm³/mol. The van der Waals surface area contributed by atoms with Gasteiger partial charge in [-0.25, -0.2) is 5.10 Å². The summed E-state index contributed by atoms with van der Waals surface area (Å²) in [5.41, 5.74) is 8.35. The van der Waals surface area contributed by atoms with E-state index in [1.54, 1.807) is 24.3 Å². The summed E-state index contributed by atoms with van der Waals surface area (Å²) in [5.74, 6) is 0. The number of hydrogen-bond acceptors (Lipinski definition) is 3. The van der Waals surface area contributed by atoms with Crippen LogP contribution >= 0.6 is 15.8 Å². The van der Waals surface area contributed by atoms with Crippen molar-refractivity contribution in [2.45, 2.75) is 46.4 Å². The molecule has 6 aromatic carbocycles. The molecule has 0 aliphatic rings. The van der Waals surface area contributed by atoms with Crippen LogP contribution < -0.4 is 21.2 Å².